The molecule has 1 N–H and O–H groups in total. The van der Waals surface area contributed by atoms with Gasteiger partial charge in [0.2, 0.25) is 0 Å². The number of aromatic nitrogens is 1. The van der Waals surface area contributed by atoms with Gasteiger partial charge in [-0.05, 0) is 24.3 Å². The average molecular weight is 406 g/mol. The monoisotopic (exact) mass is 406 g/mol. The number of carbonyl (C=O) groups excluding carboxylic acids is 1. The molecule has 29 heavy (non-hydrogen) atoms. The normalized spacial score (nSPS) is 20.0. The van der Waals surface area contributed by atoms with Gasteiger partial charge in [-0.25, -0.2) is 4.79 Å². The van der Waals surface area contributed by atoms with Crippen LogP contribution in [0.15, 0.2) is 42.7 Å². The quantitative estimate of drug-likeness (QED) is 0.825. The Labute approximate surface area is 166 Å². The number of nitrogens with zero attached hydrogens (tertiary/aromatic N) is 3. The molecule has 1 saturated heterocycles. The molecule has 2 amide bonds. The fourth-order valence-electron chi connectivity index (χ4n) is 3.80. The van der Waals surface area contributed by atoms with Crippen LogP contribution in [0.4, 0.5) is 23.7 Å². The smallest absolute Gasteiger partial charge is 0.416 e. The molecule has 1 fully saturated rings. The summed E-state index contributed by atoms with van der Waals surface area (Å²) in [6.45, 7) is 2.75. The number of hydrogen-bond acceptors (Lipinski definition) is 4. The van der Waals surface area contributed by atoms with E-state index in [4.69, 9.17) is 4.74 Å². The van der Waals surface area contributed by atoms with E-state index in [1.807, 2.05) is 0 Å². The topological polar surface area (TPSA) is 57.7 Å². The summed E-state index contributed by atoms with van der Waals surface area (Å²) >= 11 is 0. The highest BCUT2D eigenvalue weighted by atomic mass is 19.4. The van der Waals surface area contributed by atoms with Gasteiger partial charge in [0.1, 0.15) is 5.75 Å². The third-order valence-electron chi connectivity index (χ3n) is 5.30. The summed E-state index contributed by atoms with van der Waals surface area (Å²) in [6.07, 6.45) is -0.459. The zero-order valence-electron chi connectivity index (χ0n) is 15.7. The number of urea groups is 1. The molecule has 4 rings (SSSR count). The third kappa shape index (κ3) is 4.29. The number of anilines is 1. The molecule has 0 bridgehead atoms. The molecule has 0 spiro atoms. The van der Waals surface area contributed by atoms with Crippen LogP contribution in [0.1, 0.15) is 23.6 Å². The number of alkyl halides is 3. The van der Waals surface area contributed by atoms with Gasteiger partial charge >= 0.3 is 12.2 Å². The Morgan fingerprint density at radius 1 is 1.17 bits per heavy atom. The molecule has 1 atom stereocenters. The molecule has 9 heteroatoms. The van der Waals surface area contributed by atoms with E-state index in [1.165, 1.54) is 6.07 Å². The van der Waals surface area contributed by atoms with Gasteiger partial charge in [-0.15, -0.1) is 0 Å². The first-order chi connectivity index (χ1) is 13.9. The molecule has 6 nitrogen and oxygen atoms in total. The van der Waals surface area contributed by atoms with Crippen LogP contribution in [-0.4, -0.2) is 53.6 Å². The SMILES string of the molecule is O=C(Nc1cccnc1)N1CCN(C2CCOc3cc(C(F)(F)F)ccc32)CC1. The van der Waals surface area contributed by atoms with Crippen molar-refractivity contribution in [1.29, 1.82) is 0 Å². The van der Waals surface area contributed by atoms with Crippen molar-refractivity contribution in [1.82, 2.24) is 14.8 Å². The van der Waals surface area contributed by atoms with Crippen LogP contribution in [0.25, 0.3) is 0 Å². The summed E-state index contributed by atoms with van der Waals surface area (Å²) in [7, 11) is 0. The molecule has 154 valence electrons. The number of rotatable bonds is 2. The van der Waals surface area contributed by atoms with Gasteiger partial charge < -0.3 is 15.0 Å². The van der Waals surface area contributed by atoms with E-state index in [0.29, 0.717) is 50.6 Å². The molecule has 0 saturated carbocycles. The number of amides is 2. The van der Waals surface area contributed by atoms with E-state index in [-0.39, 0.29) is 12.1 Å². The zero-order chi connectivity index (χ0) is 20.4. The molecular formula is C20H21F3N4O2. The molecule has 2 aromatic rings. The van der Waals surface area contributed by atoms with E-state index >= 15 is 0 Å². The first-order valence-electron chi connectivity index (χ1n) is 9.46. The summed E-state index contributed by atoms with van der Waals surface area (Å²) < 4.78 is 44.4. The number of hydrogen-bond donors (Lipinski definition) is 1. The van der Waals surface area contributed by atoms with Crippen LogP contribution in [0.3, 0.4) is 0 Å². The van der Waals surface area contributed by atoms with Crippen molar-refractivity contribution in [3.8, 4) is 5.75 Å². The second-order valence-corrected chi connectivity index (χ2v) is 7.10. The molecule has 3 heterocycles. The van der Waals surface area contributed by atoms with E-state index in [9.17, 15) is 18.0 Å². The third-order valence-corrected chi connectivity index (χ3v) is 5.30. The molecule has 1 aromatic carbocycles. The van der Waals surface area contributed by atoms with Crippen molar-refractivity contribution < 1.29 is 22.7 Å². The lowest BCUT2D eigenvalue weighted by molar-refractivity contribution is -0.137. The number of halogens is 3. The lowest BCUT2D eigenvalue weighted by Crippen LogP contribution is -2.51. The maximum absolute atomic E-state index is 13.0. The summed E-state index contributed by atoms with van der Waals surface area (Å²) in [5, 5.41) is 2.82. The largest absolute Gasteiger partial charge is 0.493 e. The fraction of sp³-hybridized carbons (Fsp3) is 0.400. The first-order valence-corrected chi connectivity index (χ1v) is 9.46. The van der Waals surface area contributed by atoms with E-state index < -0.39 is 11.7 Å². The maximum Gasteiger partial charge on any atom is 0.416 e. The predicted octanol–water partition coefficient (Wildman–Crippen LogP) is 3.77. The zero-order valence-corrected chi connectivity index (χ0v) is 15.7. The maximum atomic E-state index is 13.0. The Morgan fingerprint density at radius 3 is 2.66 bits per heavy atom. The molecule has 0 radical (unpaired) electrons. The summed E-state index contributed by atoms with van der Waals surface area (Å²) in [6, 6.07) is 7.04. The fourth-order valence-corrected chi connectivity index (χ4v) is 3.80. The highest BCUT2D eigenvalue weighted by molar-refractivity contribution is 5.89. The Kier molecular flexibility index (Phi) is 5.31. The number of carbonyl (C=O) groups is 1. The van der Waals surface area contributed by atoms with Gasteiger partial charge in [0.25, 0.3) is 0 Å². The minimum atomic E-state index is -4.39. The molecule has 1 aromatic heterocycles. The van der Waals surface area contributed by atoms with Gasteiger partial charge in [0.15, 0.2) is 0 Å². The number of pyridine rings is 1. The van der Waals surface area contributed by atoms with Gasteiger partial charge in [-0.2, -0.15) is 13.2 Å². The van der Waals surface area contributed by atoms with Crippen LogP contribution in [0, 0.1) is 0 Å². The highest BCUT2D eigenvalue weighted by Crippen LogP contribution is 2.40. The van der Waals surface area contributed by atoms with Crippen LogP contribution in [-0.2, 0) is 6.18 Å². The second kappa shape index (κ2) is 7.90. The van der Waals surface area contributed by atoms with Gasteiger partial charge in [0, 0.05) is 50.4 Å². The Hall–Kier alpha value is -2.81. The predicted molar refractivity (Wildman–Crippen MR) is 101 cm³/mol. The Balaban J connectivity index is 1.40. The number of benzene rings is 1. The minimum absolute atomic E-state index is 0.00966. The lowest BCUT2D eigenvalue weighted by Gasteiger charge is -2.41. The van der Waals surface area contributed by atoms with Crippen molar-refractivity contribution >= 4 is 11.7 Å². The lowest BCUT2D eigenvalue weighted by atomic mass is 9.96. The number of piperazine rings is 1. The van der Waals surface area contributed by atoms with Crippen molar-refractivity contribution in [3.63, 3.8) is 0 Å². The second-order valence-electron chi connectivity index (χ2n) is 7.10. The van der Waals surface area contributed by atoms with Gasteiger partial charge in [-0.1, -0.05) is 6.07 Å². The van der Waals surface area contributed by atoms with Gasteiger partial charge in [-0.3, -0.25) is 9.88 Å². The highest BCUT2D eigenvalue weighted by Gasteiger charge is 2.35. The summed E-state index contributed by atoms with van der Waals surface area (Å²) in [5.41, 5.74) is 0.713. The minimum Gasteiger partial charge on any atom is -0.493 e. The van der Waals surface area contributed by atoms with E-state index in [1.54, 1.807) is 29.4 Å². The number of nitrogens with one attached hydrogen (secondary N) is 1. The molecule has 1 unspecified atom stereocenters. The van der Waals surface area contributed by atoms with Crippen LogP contribution >= 0.6 is 0 Å². The Morgan fingerprint density at radius 2 is 1.97 bits per heavy atom. The van der Waals surface area contributed by atoms with Crippen LogP contribution in [0.2, 0.25) is 0 Å². The van der Waals surface area contributed by atoms with Crippen LogP contribution < -0.4 is 10.1 Å². The molecule has 2 aliphatic heterocycles. The average Bonchev–Trinajstić information content (AvgIpc) is 2.73. The van der Waals surface area contributed by atoms with Crippen molar-refractivity contribution in [3.05, 3.63) is 53.9 Å². The molecular weight excluding hydrogens is 385 g/mol. The van der Waals surface area contributed by atoms with E-state index in [2.05, 4.69) is 15.2 Å². The summed E-state index contributed by atoms with van der Waals surface area (Å²) in [4.78, 5) is 20.3. The van der Waals surface area contributed by atoms with Gasteiger partial charge in [0.05, 0.1) is 24.1 Å². The van der Waals surface area contributed by atoms with Crippen LogP contribution in [0.5, 0.6) is 5.75 Å². The number of ether oxygens (including phenoxy) is 1. The van der Waals surface area contributed by atoms with Crippen molar-refractivity contribution in [2.24, 2.45) is 0 Å². The van der Waals surface area contributed by atoms with Crippen molar-refractivity contribution in [2.45, 2.75) is 18.6 Å². The first kappa shape index (κ1) is 19.5. The standard InChI is InChI=1S/C20H21F3N4O2/c21-20(22,23)14-3-4-16-17(5-11-29-18(16)12-14)26-7-9-27(10-8-26)19(28)25-15-2-1-6-24-13-15/h1-4,6,12-13,17H,5,7-11H2,(H,25,28). The number of fused-ring (bicyclic) bond motifs is 1. The Bertz CT molecular complexity index is 868. The van der Waals surface area contributed by atoms with E-state index in [0.717, 1.165) is 17.7 Å². The molecule has 2 aliphatic rings. The van der Waals surface area contributed by atoms with Crippen molar-refractivity contribution in [2.75, 3.05) is 38.1 Å². The molecule has 0 aliphatic carbocycles. The summed E-state index contributed by atoms with van der Waals surface area (Å²) in [5.74, 6) is 0.299.